The van der Waals surface area contributed by atoms with Crippen molar-refractivity contribution in [1.29, 1.82) is 0 Å². The number of nitrogens with zero attached hydrogens (tertiary/aromatic N) is 3. The molecule has 3 aromatic rings. The Labute approximate surface area is 130 Å². The molecule has 0 amide bonds. The minimum atomic E-state index is -0.704. The lowest BCUT2D eigenvalue weighted by atomic mass is 10.1. The van der Waals surface area contributed by atoms with Crippen LogP contribution in [-0.4, -0.2) is 9.97 Å². The fourth-order valence-corrected chi connectivity index (χ4v) is 2.06. The molecule has 114 valence electrons. The Balaban J connectivity index is 2.04. The first-order valence-corrected chi connectivity index (χ1v) is 6.65. The lowest BCUT2D eigenvalue weighted by molar-refractivity contribution is 0.443. The number of nitrogens with two attached hydrogens (primary N) is 1. The van der Waals surface area contributed by atoms with Crippen LogP contribution < -0.4 is 10.5 Å². The Hall–Kier alpha value is -3.35. The zero-order valence-electron chi connectivity index (χ0n) is 11.8. The Bertz CT molecular complexity index is 856. The summed E-state index contributed by atoms with van der Waals surface area (Å²) >= 11 is 0. The molecule has 1 aromatic carbocycles. The van der Waals surface area contributed by atoms with E-state index in [-0.39, 0.29) is 17.3 Å². The van der Waals surface area contributed by atoms with Crippen LogP contribution in [0.4, 0.5) is 15.9 Å². The number of halogens is 1. The SMILES string of the molecule is Nc1nccc(Oc2ccc(N=O)cc2F)c1-c1ccccn1. The number of nitroso groups, excluding NO2 is 1. The van der Waals surface area contributed by atoms with E-state index in [0.717, 1.165) is 6.07 Å². The molecule has 2 heterocycles. The fourth-order valence-electron chi connectivity index (χ4n) is 2.06. The van der Waals surface area contributed by atoms with Crippen LogP contribution in [0.2, 0.25) is 0 Å². The van der Waals surface area contributed by atoms with Gasteiger partial charge in [0.15, 0.2) is 11.6 Å². The molecule has 0 atom stereocenters. The molecule has 0 unspecified atom stereocenters. The van der Waals surface area contributed by atoms with Gasteiger partial charge in [-0.15, -0.1) is 4.91 Å². The highest BCUT2D eigenvalue weighted by Crippen LogP contribution is 2.36. The van der Waals surface area contributed by atoms with Crippen molar-refractivity contribution in [3.05, 3.63) is 65.6 Å². The van der Waals surface area contributed by atoms with Crippen LogP contribution >= 0.6 is 0 Å². The summed E-state index contributed by atoms with van der Waals surface area (Å²) in [6.45, 7) is 0. The summed E-state index contributed by atoms with van der Waals surface area (Å²) in [6.07, 6.45) is 3.06. The van der Waals surface area contributed by atoms with E-state index in [0.29, 0.717) is 17.0 Å². The molecule has 3 rings (SSSR count). The van der Waals surface area contributed by atoms with Crippen LogP contribution in [0.3, 0.4) is 0 Å². The second kappa shape index (κ2) is 6.18. The molecule has 0 saturated carbocycles. The fraction of sp³-hybridized carbons (Fsp3) is 0. The maximum atomic E-state index is 14.0. The summed E-state index contributed by atoms with van der Waals surface area (Å²) in [5, 5.41) is 2.67. The second-order valence-corrected chi connectivity index (χ2v) is 4.59. The molecular weight excluding hydrogens is 299 g/mol. The molecule has 23 heavy (non-hydrogen) atoms. The second-order valence-electron chi connectivity index (χ2n) is 4.59. The van der Waals surface area contributed by atoms with Gasteiger partial charge in [-0.2, -0.15) is 0 Å². The maximum absolute atomic E-state index is 14.0. The molecule has 0 aliphatic heterocycles. The van der Waals surface area contributed by atoms with Crippen molar-refractivity contribution in [3.63, 3.8) is 0 Å². The molecular formula is C16H11FN4O2. The van der Waals surface area contributed by atoms with Gasteiger partial charge in [0.05, 0.1) is 11.3 Å². The van der Waals surface area contributed by atoms with Gasteiger partial charge < -0.3 is 10.5 Å². The van der Waals surface area contributed by atoms with Gasteiger partial charge in [-0.25, -0.2) is 9.37 Å². The van der Waals surface area contributed by atoms with Crippen molar-refractivity contribution in [2.75, 3.05) is 5.73 Å². The molecule has 0 saturated heterocycles. The van der Waals surface area contributed by atoms with Gasteiger partial charge in [0.25, 0.3) is 0 Å². The third-order valence-corrected chi connectivity index (χ3v) is 3.10. The quantitative estimate of drug-likeness (QED) is 0.734. The third kappa shape index (κ3) is 2.98. The summed E-state index contributed by atoms with van der Waals surface area (Å²) < 4.78 is 19.6. The first-order chi connectivity index (χ1) is 11.2. The van der Waals surface area contributed by atoms with E-state index in [1.807, 2.05) is 0 Å². The highest BCUT2D eigenvalue weighted by molar-refractivity contribution is 5.77. The van der Waals surface area contributed by atoms with Crippen LogP contribution in [0.15, 0.2) is 60.0 Å². The zero-order chi connectivity index (χ0) is 16.2. The van der Waals surface area contributed by atoms with Crippen molar-refractivity contribution >= 4 is 11.5 Å². The zero-order valence-corrected chi connectivity index (χ0v) is 11.8. The number of aromatic nitrogens is 2. The number of pyridine rings is 2. The van der Waals surface area contributed by atoms with Gasteiger partial charge >= 0.3 is 0 Å². The average Bonchev–Trinajstić information content (AvgIpc) is 2.57. The molecule has 0 spiro atoms. The standard InChI is InChI=1S/C16H11FN4O2/c17-11-9-10(21-22)4-5-13(11)23-14-6-8-20-16(18)15(14)12-3-1-2-7-19-12/h1-9H,(H2,18,20). The van der Waals surface area contributed by atoms with Crippen LogP contribution in [0.5, 0.6) is 11.5 Å². The maximum Gasteiger partial charge on any atom is 0.167 e. The van der Waals surface area contributed by atoms with Crippen LogP contribution in [0.1, 0.15) is 0 Å². The first-order valence-electron chi connectivity index (χ1n) is 6.65. The van der Waals surface area contributed by atoms with Crippen LogP contribution in [0.25, 0.3) is 11.3 Å². The van der Waals surface area contributed by atoms with Crippen LogP contribution in [-0.2, 0) is 0 Å². The molecule has 0 aliphatic rings. The molecule has 0 radical (unpaired) electrons. The smallest absolute Gasteiger partial charge is 0.167 e. The van der Waals surface area contributed by atoms with Gasteiger partial charge in [0.2, 0.25) is 0 Å². The lowest BCUT2D eigenvalue weighted by Gasteiger charge is -2.12. The Morgan fingerprint density at radius 2 is 1.91 bits per heavy atom. The Kier molecular flexibility index (Phi) is 3.92. The molecule has 2 N–H and O–H groups in total. The molecule has 6 nitrogen and oxygen atoms in total. The van der Waals surface area contributed by atoms with E-state index < -0.39 is 5.82 Å². The summed E-state index contributed by atoms with van der Waals surface area (Å²) in [6, 6.07) is 10.5. The monoisotopic (exact) mass is 310 g/mol. The molecule has 2 aromatic heterocycles. The lowest BCUT2D eigenvalue weighted by Crippen LogP contribution is -1.99. The van der Waals surface area contributed by atoms with Crippen molar-refractivity contribution in [2.45, 2.75) is 0 Å². The van der Waals surface area contributed by atoms with Crippen molar-refractivity contribution in [2.24, 2.45) is 5.18 Å². The van der Waals surface area contributed by atoms with E-state index >= 15 is 0 Å². The van der Waals surface area contributed by atoms with Crippen molar-refractivity contribution < 1.29 is 9.13 Å². The summed E-state index contributed by atoms with van der Waals surface area (Å²) in [5.74, 6) is -0.237. The molecule has 0 fully saturated rings. The first kappa shape index (κ1) is 14.6. The number of nitrogen functional groups attached to an aromatic ring is 1. The Morgan fingerprint density at radius 3 is 2.61 bits per heavy atom. The Morgan fingerprint density at radius 1 is 1.04 bits per heavy atom. The average molecular weight is 310 g/mol. The van der Waals surface area contributed by atoms with Crippen LogP contribution in [0, 0.1) is 10.7 Å². The van der Waals surface area contributed by atoms with Gasteiger partial charge in [0.1, 0.15) is 17.3 Å². The molecule has 7 heteroatoms. The minimum absolute atomic E-state index is 0.0194. The number of benzene rings is 1. The van der Waals surface area contributed by atoms with E-state index in [9.17, 15) is 9.30 Å². The van der Waals surface area contributed by atoms with Gasteiger partial charge in [-0.1, -0.05) is 6.07 Å². The van der Waals surface area contributed by atoms with E-state index in [1.54, 1.807) is 30.5 Å². The highest BCUT2D eigenvalue weighted by atomic mass is 19.1. The third-order valence-electron chi connectivity index (χ3n) is 3.10. The summed E-state index contributed by atoms with van der Waals surface area (Å²) in [5.41, 5.74) is 6.91. The topological polar surface area (TPSA) is 90.5 Å². The highest BCUT2D eigenvalue weighted by Gasteiger charge is 2.15. The summed E-state index contributed by atoms with van der Waals surface area (Å²) in [7, 11) is 0. The van der Waals surface area contributed by atoms with E-state index in [2.05, 4.69) is 15.1 Å². The number of rotatable bonds is 4. The van der Waals surface area contributed by atoms with E-state index in [1.165, 1.54) is 18.3 Å². The predicted octanol–water partition coefficient (Wildman–Crippen LogP) is 4.06. The number of ether oxygens (including phenoxy) is 1. The van der Waals surface area contributed by atoms with Gasteiger partial charge in [-0.05, 0) is 35.5 Å². The minimum Gasteiger partial charge on any atom is -0.453 e. The normalized spacial score (nSPS) is 10.3. The van der Waals surface area contributed by atoms with Gasteiger partial charge in [-0.3, -0.25) is 4.98 Å². The number of hydrogen-bond donors (Lipinski definition) is 1. The van der Waals surface area contributed by atoms with Crippen molar-refractivity contribution in [1.82, 2.24) is 9.97 Å². The largest absolute Gasteiger partial charge is 0.453 e. The molecule has 0 bridgehead atoms. The van der Waals surface area contributed by atoms with Gasteiger partial charge in [0, 0.05) is 18.5 Å². The molecule has 0 aliphatic carbocycles. The van der Waals surface area contributed by atoms with Crippen molar-refractivity contribution in [3.8, 4) is 22.8 Å². The van der Waals surface area contributed by atoms with E-state index in [4.69, 9.17) is 10.5 Å². The predicted molar refractivity (Wildman–Crippen MR) is 83.8 cm³/mol. The summed E-state index contributed by atoms with van der Waals surface area (Å²) in [4.78, 5) is 18.6. The number of hydrogen-bond acceptors (Lipinski definition) is 6. The number of anilines is 1.